The van der Waals surface area contributed by atoms with E-state index in [1.807, 2.05) is 51.1 Å². The maximum atomic E-state index is 13.0. The van der Waals surface area contributed by atoms with Gasteiger partial charge in [-0.05, 0) is 63.9 Å². The van der Waals surface area contributed by atoms with Crippen LogP contribution in [0.15, 0.2) is 36.4 Å². The normalized spacial score (nSPS) is 17.1. The molecule has 1 aliphatic rings. The number of piperidine rings is 1. The number of hydrogen-bond acceptors (Lipinski definition) is 4. The molecular formula is C25H32N2O4. The lowest BCUT2D eigenvalue weighted by atomic mass is 9.95. The van der Waals surface area contributed by atoms with Crippen molar-refractivity contribution in [1.82, 2.24) is 10.2 Å². The van der Waals surface area contributed by atoms with Crippen molar-refractivity contribution >= 4 is 11.8 Å². The summed E-state index contributed by atoms with van der Waals surface area (Å²) in [5.41, 5.74) is 3.67. The summed E-state index contributed by atoms with van der Waals surface area (Å²) in [6, 6.07) is 11.2. The molecule has 0 saturated carbocycles. The van der Waals surface area contributed by atoms with Crippen LogP contribution < -0.4 is 14.8 Å². The van der Waals surface area contributed by atoms with Gasteiger partial charge in [0, 0.05) is 24.2 Å². The molecule has 3 rings (SSSR count). The number of benzene rings is 2. The number of rotatable bonds is 6. The number of nitrogens with one attached hydrogen (secondary N) is 1. The summed E-state index contributed by atoms with van der Waals surface area (Å²) >= 11 is 0. The molecule has 6 nitrogen and oxygen atoms in total. The van der Waals surface area contributed by atoms with Crippen LogP contribution in [0.1, 0.15) is 52.9 Å². The zero-order chi connectivity index (χ0) is 22.5. The maximum absolute atomic E-state index is 13.0. The molecule has 0 aliphatic carbocycles. The van der Waals surface area contributed by atoms with E-state index >= 15 is 0 Å². The summed E-state index contributed by atoms with van der Waals surface area (Å²) in [6.07, 6.45) is 1.58. The molecule has 1 N–H and O–H groups in total. The van der Waals surface area contributed by atoms with Crippen LogP contribution in [0.5, 0.6) is 11.5 Å². The predicted octanol–water partition coefficient (Wildman–Crippen LogP) is 4.05. The molecule has 0 spiro atoms. The van der Waals surface area contributed by atoms with E-state index in [0.29, 0.717) is 30.2 Å². The third-order valence-electron chi connectivity index (χ3n) is 5.81. The number of carbonyl (C=O) groups excluding carboxylic acids is 2. The number of likely N-dealkylation sites (tertiary alicyclic amines) is 1. The Morgan fingerprint density at radius 2 is 1.77 bits per heavy atom. The number of amides is 2. The minimum absolute atomic E-state index is 0.00758. The van der Waals surface area contributed by atoms with Crippen molar-refractivity contribution in [2.75, 3.05) is 27.3 Å². The van der Waals surface area contributed by atoms with Gasteiger partial charge in [0.2, 0.25) is 5.91 Å². The molecule has 2 aromatic carbocycles. The lowest BCUT2D eigenvalue weighted by Gasteiger charge is -2.33. The highest BCUT2D eigenvalue weighted by Crippen LogP contribution is 2.30. The minimum Gasteiger partial charge on any atom is -0.497 e. The topological polar surface area (TPSA) is 67.9 Å². The molecule has 0 radical (unpaired) electrons. The largest absolute Gasteiger partial charge is 0.497 e. The summed E-state index contributed by atoms with van der Waals surface area (Å²) in [5, 5.41) is 3.10. The number of methoxy groups -OCH3 is 2. The molecule has 1 aliphatic heterocycles. The Hall–Kier alpha value is -3.02. The average molecular weight is 425 g/mol. The molecule has 0 unspecified atom stereocenters. The first-order chi connectivity index (χ1) is 14.8. The molecule has 2 aromatic rings. The van der Waals surface area contributed by atoms with Gasteiger partial charge in [-0.3, -0.25) is 9.59 Å². The first-order valence-corrected chi connectivity index (χ1v) is 10.7. The molecule has 1 heterocycles. The SMILES string of the molecule is COc1ccc(OC)c([C@H](C)NC(=O)[C@H]2CCCN(C(=O)c3cc(C)cc(C)c3)C2)c1. The summed E-state index contributed by atoms with van der Waals surface area (Å²) in [4.78, 5) is 27.9. The van der Waals surface area contributed by atoms with E-state index in [0.717, 1.165) is 29.5 Å². The monoisotopic (exact) mass is 424 g/mol. The van der Waals surface area contributed by atoms with E-state index in [9.17, 15) is 9.59 Å². The second-order valence-corrected chi connectivity index (χ2v) is 8.30. The zero-order valence-corrected chi connectivity index (χ0v) is 19.0. The molecule has 2 amide bonds. The average Bonchev–Trinajstić information content (AvgIpc) is 2.77. The third-order valence-corrected chi connectivity index (χ3v) is 5.81. The number of nitrogens with zero attached hydrogens (tertiary/aromatic N) is 1. The van der Waals surface area contributed by atoms with Gasteiger partial charge in [0.1, 0.15) is 11.5 Å². The quantitative estimate of drug-likeness (QED) is 0.760. The van der Waals surface area contributed by atoms with Gasteiger partial charge in [0.25, 0.3) is 5.91 Å². The van der Waals surface area contributed by atoms with Crippen molar-refractivity contribution in [3.05, 3.63) is 58.7 Å². The van der Waals surface area contributed by atoms with Crippen molar-refractivity contribution in [2.45, 2.75) is 39.7 Å². The first kappa shape index (κ1) is 22.7. The van der Waals surface area contributed by atoms with Gasteiger partial charge in [-0.15, -0.1) is 0 Å². The zero-order valence-electron chi connectivity index (χ0n) is 19.0. The number of carbonyl (C=O) groups is 2. The third kappa shape index (κ3) is 5.37. The van der Waals surface area contributed by atoms with Gasteiger partial charge in [-0.1, -0.05) is 17.2 Å². The van der Waals surface area contributed by atoms with Crippen molar-refractivity contribution in [3.8, 4) is 11.5 Å². The predicted molar refractivity (Wildman–Crippen MR) is 121 cm³/mol. The van der Waals surface area contributed by atoms with Gasteiger partial charge in [-0.25, -0.2) is 0 Å². The van der Waals surface area contributed by atoms with Crippen LogP contribution >= 0.6 is 0 Å². The number of aryl methyl sites for hydroxylation is 2. The van der Waals surface area contributed by atoms with Crippen LogP contribution in [-0.4, -0.2) is 44.0 Å². The molecule has 1 saturated heterocycles. The first-order valence-electron chi connectivity index (χ1n) is 10.7. The minimum atomic E-state index is -0.247. The van der Waals surface area contributed by atoms with Gasteiger partial charge in [0.15, 0.2) is 0 Å². The van der Waals surface area contributed by atoms with Gasteiger partial charge in [-0.2, -0.15) is 0 Å². The van der Waals surface area contributed by atoms with E-state index in [2.05, 4.69) is 11.4 Å². The van der Waals surface area contributed by atoms with E-state index in [1.165, 1.54) is 0 Å². The second kappa shape index (κ2) is 9.86. The van der Waals surface area contributed by atoms with Gasteiger partial charge in [0.05, 0.1) is 26.2 Å². The van der Waals surface area contributed by atoms with Gasteiger partial charge >= 0.3 is 0 Å². The summed E-state index contributed by atoms with van der Waals surface area (Å²) in [7, 11) is 3.22. The summed E-state index contributed by atoms with van der Waals surface area (Å²) in [6.45, 7) is 7.01. The Bertz CT molecular complexity index is 936. The van der Waals surface area contributed by atoms with Crippen molar-refractivity contribution in [1.29, 1.82) is 0 Å². The Kier molecular flexibility index (Phi) is 7.21. The summed E-state index contributed by atoms with van der Waals surface area (Å²) < 4.78 is 10.8. The maximum Gasteiger partial charge on any atom is 0.253 e. The molecule has 0 bridgehead atoms. The highest BCUT2D eigenvalue weighted by atomic mass is 16.5. The molecule has 0 aromatic heterocycles. The van der Waals surface area contributed by atoms with Crippen molar-refractivity contribution in [2.24, 2.45) is 5.92 Å². The Morgan fingerprint density at radius 3 is 2.42 bits per heavy atom. The van der Waals surface area contributed by atoms with Crippen LogP contribution in [0.4, 0.5) is 0 Å². The van der Waals surface area contributed by atoms with Crippen molar-refractivity contribution in [3.63, 3.8) is 0 Å². The fourth-order valence-electron chi connectivity index (χ4n) is 4.24. The van der Waals surface area contributed by atoms with E-state index in [1.54, 1.807) is 19.1 Å². The highest BCUT2D eigenvalue weighted by molar-refractivity contribution is 5.95. The fraction of sp³-hybridized carbons (Fsp3) is 0.440. The Balaban J connectivity index is 1.69. The van der Waals surface area contributed by atoms with Gasteiger partial charge < -0.3 is 19.7 Å². The highest BCUT2D eigenvalue weighted by Gasteiger charge is 2.30. The molecule has 6 heteroatoms. The smallest absolute Gasteiger partial charge is 0.253 e. The van der Waals surface area contributed by atoms with Crippen LogP contribution in [0.3, 0.4) is 0 Å². The van der Waals surface area contributed by atoms with E-state index in [-0.39, 0.29) is 23.8 Å². The molecule has 166 valence electrons. The van der Waals surface area contributed by atoms with Crippen LogP contribution in [0.2, 0.25) is 0 Å². The van der Waals surface area contributed by atoms with E-state index in [4.69, 9.17) is 9.47 Å². The van der Waals surface area contributed by atoms with Crippen molar-refractivity contribution < 1.29 is 19.1 Å². The molecule has 31 heavy (non-hydrogen) atoms. The second-order valence-electron chi connectivity index (χ2n) is 8.30. The number of ether oxygens (including phenoxy) is 2. The van der Waals surface area contributed by atoms with E-state index < -0.39 is 0 Å². The standard InChI is InChI=1S/C25H32N2O4/c1-16-11-17(2)13-20(12-16)25(29)27-10-6-7-19(15-27)24(28)26-18(3)22-14-21(30-4)8-9-23(22)31-5/h8-9,11-14,18-19H,6-7,10,15H2,1-5H3,(H,26,28)/t18-,19-/m0/s1. The molecule has 1 fully saturated rings. The Labute approximate surface area is 184 Å². The fourth-order valence-corrected chi connectivity index (χ4v) is 4.24. The molecule has 2 atom stereocenters. The summed E-state index contributed by atoms with van der Waals surface area (Å²) in [5.74, 6) is 1.12. The Morgan fingerprint density at radius 1 is 1.06 bits per heavy atom. The van der Waals surface area contributed by atoms with Crippen LogP contribution in [-0.2, 0) is 4.79 Å². The van der Waals surface area contributed by atoms with Crippen LogP contribution in [0.25, 0.3) is 0 Å². The lowest BCUT2D eigenvalue weighted by molar-refractivity contribution is -0.127. The number of hydrogen-bond donors (Lipinski definition) is 1. The lowest BCUT2D eigenvalue weighted by Crippen LogP contribution is -2.45. The van der Waals surface area contributed by atoms with Crippen LogP contribution in [0, 0.1) is 19.8 Å². The molecular weight excluding hydrogens is 392 g/mol.